The fourth-order valence-electron chi connectivity index (χ4n) is 1.50. The molecule has 5 nitrogen and oxygen atoms in total. The van der Waals surface area contributed by atoms with Crippen LogP contribution in [0.5, 0.6) is 0 Å². The molecule has 0 spiro atoms. The molecule has 1 atom stereocenters. The summed E-state index contributed by atoms with van der Waals surface area (Å²) in [6.45, 7) is 3.37. The number of carboxylic acid groups (broad SMARTS) is 1. The molecule has 3 N–H and O–H groups in total. The van der Waals surface area contributed by atoms with Gasteiger partial charge in [0.2, 0.25) is 0 Å². The molecule has 1 aromatic rings. The molecule has 1 rings (SSSR count). The van der Waals surface area contributed by atoms with Crippen LogP contribution in [0.25, 0.3) is 0 Å². The Hall–Kier alpha value is -1.88. The number of hydrogen-bond donors (Lipinski definition) is 3. The van der Waals surface area contributed by atoms with Gasteiger partial charge in [-0.15, -0.1) is 0 Å². The zero-order valence-corrected chi connectivity index (χ0v) is 10.4. The SMILES string of the molecule is CC(C)[C@@H](NC(=O)c1ccc(CO)cc1)C(=O)O. The third kappa shape index (κ3) is 3.56. The lowest BCUT2D eigenvalue weighted by molar-refractivity contribution is -0.140. The first-order chi connectivity index (χ1) is 8.45. The van der Waals surface area contributed by atoms with Gasteiger partial charge in [-0.2, -0.15) is 0 Å². The summed E-state index contributed by atoms with van der Waals surface area (Å²) in [5.74, 6) is -1.67. The van der Waals surface area contributed by atoms with Gasteiger partial charge >= 0.3 is 5.97 Å². The van der Waals surface area contributed by atoms with E-state index in [-0.39, 0.29) is 12.5 Å². The van der Waals surface area contributed by atoms with Gasteiger partial charge in [0.25, 0.3) is 5.91 Å². The summed E-state index contributed by atoms with van der Waals surface area (Å²) < 4.78 is 0. The van der Waals surface area contributed by atoms with Gasteiger partial charge < -0.3 is 15.5 Å². The molecule has 0 radical (unpaired) electrons. The Morgan fingerprint density at radius 3 is 2.17 bits per heavy atom. The quantitative estimate of drug-likeness (QED) is 0.729. The number of carboxylic acids is 1. The van der Waals surface area contributed by atoms with Crippen LogP contribution in [0, 0.1) is 5.92 Å². The molecular formula is C13H17NO4. The first kappa shape index (κ1) is 14.2. The largest absolute Gasteiger partial charge is 0.480 e. The van der Waals surface area contributed by atoms with Crippen molar-refractivity contribution in [3.63, 3.8) is 0 Å². The van der Waals surface area contributed by atoms with Gasteiger partial charge in [-0.1, -0.05) is 26.0 Å². The summed E-state index contributed by atoms with van der Waals surface area (Å²) >= 11 is 0. The fraction of sp³-hybridized carbons (Fsp3) is 0.385. The molecule has 0 fully saturated rings. The molecule has 0 aromatic heterocycles. The van der Waals surface area contributed by atoms with Crippen molar-refractivity contribution in [2.75, 3.05) is 0 Å². The number of nitrogens with one attached hydrogen (secondary N) is 1. The normalized spacial score (nSPS) is 12.2. The summed E-state index contributed by atoms with van der Waals surface area (Å²) in [6.07, 6.45) is 0. The van der Waals surface area contributed by atoms with E-state index in [0.717, 1.165) is 0 Å². The monoisotopic (exact) mass is 251 g/mol. The molecule has 1 amide bonds. The number of aliphatic carboxylic acids is 1. The second-order valence-electron chi connectivity index (χ2n) is 4.39. The van der Waals surface area contributed by atoms with Crippen LogP contribution in [0.4, 0.5) is 0 Å². The second kappa shape index (κ2) is 6.16. The van der Waals surface area contributed by atoms with E-state index < -0.39 is 17.9 Å². The molecule has 98 valence electrons. The molecule has 18 heavy (non-hydrogen) atoms. The average molecular weight is 251 g/mol. The third-order valence-corrected chi connectivity index (χ3v) is 2.62. The Morgan fingerprint density at radius 1 is 1.22 bits per heavy atom. The number of rotatable bonds is 5. The van der Waals surface area contributed by atoms with E-state index in [1.165, 1.54) is 0 Å². The molecule has 5 heteroatoms. The van der Waals surface area contributed by atoms with Gasteiger partial charge in [0.05, 0.1) is 6.61 Å². The smallest absolute Gasteiger partial charge is 0.326 e. The zero-order chi connectivity index (χ0) is 13.7. The number of carbonyl (C=O) groups is 2. The standard InChI is InChI=1S/C13H17NO4/c1-8(2)11(13(17)18)14-12(16)10-5-3-9(7-15)4-6-10/h3-6,8,11,15H,7H2,1-2H3,(H,14,16)(H,17,18)/t11-/m1/s1. The maximum atomic E-state index is 11.8. The van der Waals surface area contributed by atoms with E-state index in [9.17, 15) is 9.59 Å². The van der Waals surface area contributed by atoms with E-state index >= 15 is 0 Å². The maximum absolute atomic E-state index is 11.8. The Kier molecular flexibility index (Phi) is 4.85. The van der Waals surface area contributed by atoms with Crippen molar-refractivity contribution >= 4 is 11.9 Å². The first-order valence-corrected chi connectivity index (χ1v) is 5.69. The van der Waals surface area contributed by atoms with Crippen LogP contribution in [-0.2, 0) is 11.4 Å². The lowest BCUT2D eigenvalue weighted by Gasteiger charge is -2.17. The number of hydrogen-bond acceptors (Lipinski definition) is 3. The highest BCUT2D eigenvalue weighted by Gasteiger charge is 2.23. The highest BCUT2D eigenvalue weighted by atomic mass is 16.4. The number of carbonyl (C=O) groups excluding carboxylic acids is 1. The highest BCUT2D eigenvalue weighted by molar-refractivity contribution is 5.96. The molecule has 0 heterocycles. The second-order valence-corrected chi connectivity index (χ2v) is 4.39. The van der Waals surface area contributed by atoms with Crippen molar-refractivity contribution in [1.82, 2.24) is 5.32 Å². The van der Waals surface area contributed by atoms with Crippen molar-refractivity contribution < 1.29 is 19.8 Å². The molecule has 0 bridgehead atoms. The molecule has 0 aliphatic heterocycles. The van der Waals surface area contributed by atoms with E-state index in [2.05, 4.69) is 5.32 Å². The lowest BCUT2D eigenvalue weighted by atomic mass is 10.0. The van der Waals surface area contributed by atoms with Crippen molar-refractivity contribution in [3.05, 3.63) is 35.4 Å². The Bertz CT molecular complexity index is 425. The van der Waals surface area contributed by atoms with Gasteiger partial charge in [0, 0.05) is 5.56 Å². The van der Waals surface area contributed by atoms with Crippen molar-refractivity contribution in [3.8, 4) is 0 Å². The third-order valence-electron chi connectivity index (χ3n) is 2.62. The predicted molar refractivity (Wildman–Crippen MR) is 66.1 cm³/mol. The summed E-state index contributed by atoms with van der Waals surface area (Å²) in [4.78, 5) is 22.8. The Morgan fingerprint density at radius 2 is 1.78 bits per heavy atom. The van der Waals surface area contributed by atoms with Crippen LogP contribution in [0.15, 0.2) is 24.3 Å². The topological polar surface area (TPSA) is 86.6 Å². The molecular weight excluding hydrogens is 234 g/mol. The van der Waals surface area contributed by atoms with E-state index in [4.69, 9.17) is 10.2 Å². The van der Waals surface area contributed by atoms with Gasteiger partial charge in [-0.05, 0) is 23.6 Å². The number of aliphatic hydroxyl groups is 1. The van der Waals surface area contributed by atoms with Crippen molar-refractivity contribution in [2.45, 2.75) is 26.5 Å². The predicted octanol–water partition coefficient (Wildman–Crippen LogP) is 1.02. The molecule has 0 aliphatic carbocycles. The van der Waals surface area contributed by atoms with Crippen molar-refractivity contribution in [1.29, 1.82) is 0 Å². The maximum Gasteiger partial charge on any atom is 0.326 e. The van der Waals surface area contributed by atoms with E-state index in [1.54, 1.807) is 38.1 Å². The number of amides is 1. The van der Waals surface area contributed by atoms with Crippen LogP contribution in [0.2, 0.25) is 0 Å². The van der Waals surface area contributed by atoms with Gasteiger partial charge in [0.15, 0.2) is 0 Å². The summed E-state index contributed by atoms with van der Waals surface area (Å²) in [5.41, 5.74) is 1.07. The van der Waals surface area contributed by atoms with Crippen LogP contribution in [0.3, 0.4) is 0 Å². The highest BCUT2D eigenvalue weighted by Crippen LogP contribution is 2.07. The molecule has 0 aliphatic rings. The van der Waals surface area contributed by atoms with Crippen LogP contribution in [-0.4, -0.2) is 28.1 Å². The minimum atomic E-state index is -1.05. The minimum Gasteiger partial charge on any atom is -0.480 e. The lowest BCUT2D eigenvalue weighted by Crippen LogP contribution is -2.44. The van der Waals surface area contributed by atoms with Crippen molar-refractivity contribution in [2.24, 2.45) is 5.92 Å². The Balaban J connectivity index is 2.77. The average Bonchev–Trinajstić information content (AvgIpc) is 2.35. The Labute approximate surface area is 105 Å². The molecule has 1 aromatic carbocycles. The number of benzene rings is 1. The van der Waals surface area contributed by atoms with E-state index in [1.807, 2.05) is 0 Å². The summed E-state index contributed by atoms with van der Waals surface area (Å²) in [5, 5.41) is 20.3. The fourth-order valence-corrected chi connectivity index (χ4v) is 1.50. The molecule has 0 saturated carbocycles. The van der Waals surface area contributed by atoms with Gasteiger partial charge in [-0.25, -0.2) is 4.79 Å². The van der Waals surface area contributed by atoms with Crippen LogP contribution >= 0.6 is 0 Å². The zero-order valence-electron chi connectivity index (χ0n) is 10.4. The molecule has 0 saturated heterocycles. The summed E-state index contributed by atoms with van der Waals surface area (Å²) in [7, 11) is 0. The first-order valence-electron chi connectivity index (χ1n) is 5.69. The van der Waals surface area contributed by atoms with Gasteiger partial charge in [-0.3, -0.25) is 4.79 Å². The minimum absolute atomic E-state index is 0.0916. The number of aliphatic hydroxyl groups excluding tert-OH is 1. The van der Waals surface area contributed by atoms with Gasteiger partial charge in [0.1, 0.15) is 6.04 Å². The van der Waals surface area contributed by atoms with Crippen LogP contribution in [0.1, 0.15) is 29.8 Å². The van der Waals surface area contributed by atoms with Crippen LogP contribution < -0.4 is 5.32 Å². The van der Waals surface area contributed by atoms with E-state index in [0.29, 0.717) is 11.1 Å². The molecule has 0 unspecified atom stereocenters. The summed E-state index contributed by atoms with van der Waals surface area (Å²) in [6, 6.07) is 5.45.